The normalized spacial score (nSPS) is 10.7. The Morgan fingerprint density at radius 2 is 0.750 bits per heavy atom. The highest BCUT2D eigenvalue weighted by atomic mass is 32.2. The Morgan fingerprint density at radius 3 is 1.11 bits per heavy atom. The van der Waals surface area contributed by atoms with E-state index >= 15 is 0 Å². The lowest BCUT2D eigenvalue weighted by Gasteiger charge is -2.07. The Morgan fingerprint density at radius 1 is 0.393 bits per heavy atom. The van der Waals surface area contributed by atoms with Crippen molar-refractivity contribution in [3.05, 3.63) is 120 Å². The molecule has 0 nitrogen and oxygen atoms in total. The predicted molar refractivity (Wildman–Crippen MR) is 124 cm³/mol. The third-order valence-corrected chi connectivity index (χ3v) is 6.70. The highest BCUT2D eigenvalue weighted by molar-refractivity contribution is 7.98. The number of benzene rings is 4. The quantitative estimate of drug-likeness (QED) is 0.290. The summed E-state index contributed by atoms with van der Waals surface area (Å²) in [4.78, 5) is 2.62. The smallest absolute Gasteiger partial charge is 0.0231 e. The molecule has 2 heteroatoms. The molecule has 0 spiro atoms. The average Bonchev–Trinajstić information content (AvgIpc) is 2.78. The van der Waals surface area contributed by atoms with E-state index < -0.39 is 0 Å². The third-order valence-electron chi connectivity index (χ3n) is 4.54. The van der Waals surface area contributed by atoms with Crippen LogP contribution in [0.4, 0.5) is 0 Å². The molecule has 4 aromatic rings. The summed E-state index contributed by atoms with van der Waals surface area (Å²) in [6.45, 7) is 0. The van der Waals surface area contributed by atoms with Crippen molar-refractivity contribution in [3.8, 4) is 11.1 Å². The molecule has 4 aromatic carbocycles. The summed E-state index contributed by atoms with van der Waals surface area (Å²) >= 11 is 3.76. The van der Waals surface area contributed by atoms with Gasteiger partial charge in [0.2, 0.25) is 0 Å². The molecule has 0 amide bonds. The Bertz CT molecular complexity index is 891. The minimum absolute atomic E-state index is 1.01. The molecule has 4 rings (SSSR count). The van der Waals surface area contributed by atoms with E-state index in [0.29, 0.717) is 0 Å². The molecule has 138 valence electrons. The van der Waals surface area contributed by atoms with Crippen LogP contribution in [0.3, 0.4) is 0 Å². The summed E-state index contributed by atoms with van der Waals surface area (Å²) in [7, 11) is 0. The molecule has 0 radical (unpaired) electrons. The number of thioether (sulfide) groups is 2. The van der Waals surface area contributed by atoms with E-state index in [1.165, 1.54) is 32.0 Å². The Labute approximate surface area is 176 Å². The topological polar surface area (TPSA) is 0 Å². The summed E-state index contributed by atoms with van der Waals surface area (Å²) in [5.41, 5.74) is 5.26. The molecule has 0 fully saturated rings. The second-order valence-electron chi connectivity index (χ2n) is 6.60. The van der Waals surface area contributed by atoms with E-state index in [4.69, 9.17) is 0 Å². The summed E-state index contributed by atoms with van der Waals surface area (Å²) < 4.78 is 0. The average molecular weight is 399 g/mol. The van der Waals surface area contributed by atoms with Crippen LogP contribution in [0, 0.1) is 0 Å². The van der Waals surface area contributed by atoms with Gasteiger partial charge >= 0.3 is 0 Å². The van der Waals surface area contributed by atoms with Crippen LogP contribution in [-0.4, -0.2) is 0 Å². The highest BCUT2D eigenvalue weighted by Gasteiger charge is 2.01. The minimum atomic E-state index is 1.01. The lowest BCUT2D eigenvalue weighted by atomic mass is 10.1. The maximum atomic E-state index is 2.22. The van der Waals surface area contributed by atoms with Gasteiger partial charge in [-0.2, -0.15) is 0 Å². The molecule has 0 heterocycles. The van der Waals surface area contributed by atoms with Crippen LogP contribution in [-0.2, 0) is 11.5 Å². The van der Waals surface area contributed by atoms with Gasteiger partial charge in [-0.05, 0) is 46.5 Å². The SMILES string of the molecule is c1ccc(CSc2ccc(-c3ccc(SCc4ccccc4)cc3)cc2)cc1. The van der Waals surface area contributed by atoms with Crippen LogP contribution >= 0.6 is 23.5 Å². The molecule has 0 aliphatic heterocycles. The Hall–Kier alpha value is -2.42. The fourth-order valence-corrected chi connectivity index (χ4v) is 4.68. The fraction of sp³-hybridized carbons (Fsp3) is 0.0769. The van der Waals surface area contributed by atoms with Crippen LogP contribution in [0.5, 0.6) is 0 Å². The zero-order valence-corrected chi connectivity index (χ0v) is 17.3. The maximum absolute atomic E-state index is 2.22. The van der Waals surface area contributed by atoms with Gasteiger partial charge in [0.05, 0.1) is 0 Å². The molecule has 0 saturated carbocycles. The van der Waals surface area contributed by atoms with Crippen LogP contribution < -0.4 is 0 Å². The van der Waals surface area contributed by atoms with Crippen LogP contribution in [0.15, 0.2) is 119 Å². The lowest BCUT2D eigenvalue weighted by molar-refractivity contribution is 1.37. The van der Waals surface area contributed by atoms with Crippen molar-refractivity contribution in [1.29, 1.82) is 0 Å². The zero-order valence-electron chi connectivity index (χ0n) is 15.6. The molecule has 0 N–H and O–H groups in total. The molecule has 0 aliphatic rings. The molecule has 0 aromatic heterocycles. The van der Waals surface area contributed by atoms with Crippen molar-refractivity contribution in [2.45, 2.75) is 21.3 Å². The van der Waals surface area contributed by atoms with E-state index in [1.54, 1.807) is 0 Å². The van der Waals surface area contributed by atoms with Crippen LogP contribution in [0.25, 0.3) is 11.1 Å². The first kappa shape index (κ1) is 18.9. The van der Waals surface area contributed by atoms with Gasteiger partial charge in [0, 0.05) is 21.3 Å². The molecule has 0 unspecified atom stereocenters. The van der Waals surface area contributed by atoms with Gasteiger partial charge in [0.25, 0.3) is 0 Å². The summed E-state index contributed by atoms with van der Waals surface area (Å²) in [5.74, 6) is 2.01. The minimum Gasteiger partial charge on any atom is -0.121 e. The van der Waals surface area contributed by atoms with Crippen molar-refractivity contribution < 1.29 is 0 Å². The Kier molecular flexibility index (Phi) is 6.54. The molecule has 28 heavy (non-hydrogen) atoms. The molecular weight excluding hydrogens is 376 g/mol. The summed E-state index contributed by atoms with van der Waals surface area (Å²) in [6, 6.07) is 39.0. The van der Waals surface area contributed by atoms with Gasteiger partial charge in [-0.15, -0.1) is 23.5 Å². The van der Waals surface area contributed by atoms with Gasteiger partial charge in [0.1, 0.15) is 0 Å². The first-order chi connectivity index (χ1) is 13.9. The van der Waals surface area contributed by atoms with Crippen molar-refractivity contribution in [2.75, 3.05) is 0 Å². The van der Waals surface area contributed by atoms with E-state index in [0.717, 1.165) is 11.5 Å². The van der Waals surface area contributed by atoms with Crippen molar-refractivity contribution in [3.63, 3.8) is 0 Å². The zero-order chi connectivity index (χ0) is 19.0. The van der Waals surface area contributed by atoms with Gasteiger partial charge in [-0.1, -0.05) is 84.9 Å². The summed E-state index contributed by atoms with van der Waals surface area (Å²) in [5, 5.41) is 0. The molecule has 0 bridgehead atoms. The fourth-order valence-electron chi connectivity index (χ4n) is 2.97. The van der Waals surface area contributed by atoms with Crippen molar-refractivity contribution >= 4 is 23.5 Å². The second-order valence-corrected chi connectivity index (χ2v) is 8.69. The molecule has 0 atom stereocenters. The molecule has 0 aliphatic carbocycles. The van der Waals surface area contributed by atoms with E-state index in [2.05, 4.69) is 109 Å². The maximum Gasteiger partial charge on any atom is 0.0231 e. The third kappa shape index (κ3) is 5.31. The number of rotatable bonds is 7. The Balaban J connectivity index is 1.34. The van der Waals surface area contributed by atoms with Crippen LogP contribution in [0.1, 0.15) is 11.1 Å². The standard InChI is InChI=1S/C26H22S2/c1-3-7-21(8-4-1)19-27-25-15-11-23(12-16-25)24-13-17-26(18-14-24)28-20-22-9-5-2-6-10-22/h1-18H,19-20H2. The second kappa shape index (κ2) is 9.68. The summed E-state index contributed by atoms with van der Waals surface area (Å²) in [6.07, 6.45) is 0. The van der Waals surface area contributed by atoms with Crippen LogP contribution in [0.2, 0.25) is 0 Å². The van der Waals surface area contributed by atoms with E-state index in [-0.39, 0.29) is 0 Å². The van der Waals surface area contributed by atoms with Gasteiger partial charge in [-0.25, -0.2) is 0 Å². The molecule has 0 saturated heterocycles. The van der Waals surface area contributed by atoms with Gasteiger partial charge < -0.3 is 0 Å². The first-order valence-corrected chi connectivity index (χ1v) is 11.4. The highest BCUT2D eigenvalue weighted by Crippen LogP contribution is 2.29. The van der Waals surface area contributed by atoms with E-state index in [9.17, 15) is 0 Å². The predicted octanol–water partition coefficient (Wildman–Crippen LogP) is 7.94. The lowest BCUT2D eigenvalue weighted by Crippen LogP contribution is -1.82. The van der Waals surface area contributed by atoms with Gasteiger partial charge in [-0.3, -0.25) is 0 Å². The monoisotopic (exact) mass is 398 g/mol. The molecular formula is C26H22S2. The van der Waals surface area contributed by atoms with Crippen molar-refractivity contribution in [1.82, 2.24) is 0 Å². The first-order valence-electron chi connectivity index (χ1n) is 9.41. The van der Waals surface area contributed by atoms with Crippen molar-refractivity contribution in [2.24, 2.45) is 0 Å². The number of hydrogen-bond acceptors (Lipinski definition) is 2. The largest absolute Gasteiger partial charge is 0.121 e. The number of hydrogen-bond donors (Lipinski definition) is 0. The van der Waals surface area contributed by atoms with Gasteiger partial charge in [0.15, 0.2) is 0 Å². The van der Waals surface area contributed by atoms with E-state index in [1.807, 2.05) is 23.5 Å².